The number of amides is 1. The van der Waals surface area contributed by atoms with Crippen LogP contribution in [0.25, 0.3) is 21.9 Å². The van der Waals surface area contributed by atoms with E-state index in [1.165, 1.54) is 25.3 Å². The number of likely N-dealkylation sites (N-methyl/N-ethyl adjacent to an activating group) is 1. The molecular formula is C51H55ClN8O12. The number of anilines is 2. The van der Waals surface area contributed by atoms with Crippen LogP contribution in [0.15, 0.2) is 79.4 Å². The number of nitrogens with one attached hydrogen (secondary N) is 1. The van der Waals surface area contributed by atoms with Crippen LogP contribution in [0.2, 0.25) is 0 Å². The third-order valence-corrected chi connectivity index (χ3v) is 13.6. The molecule has 72 heavy (non-hydrogen) atoms. The van der Waals surface area contributed by atoms with Crippen molar-refractivity contribution in [3.05, 3.63) is 118 Å². The van der Waals surface area contributed by atoms with Gasteiger partial charge in [-0.15, -0.1) is 12.4 Å². The zero-order chi connectivity index (χ0) is 50.5. The summed E-state index contributed by atoms with van der Waals surface area (Å²) in [5.74, 6) is -2.62. The molecule has 10 rings (SSSR count). The lowest BCUT2D eigenvalue weighted by Gasteiger charge is -2.42. The summed E-state index contributed by atoms with van der Waals surface area (Å²) in [6.07, 6.45) is 2.16. The summed E-state index contributed by atoms with van der Waals surface area (Å²) in [7, 11) is 5.34. The van der Waals surface area contributed by atoms with E-state index in [9.17, 15) is 44.7 Å². The van der Waals surface area contributed by atoms with Gasteiger partial charge < -0.3 is 60.6 Å². The second-order valence-corrected chi connectivity index (χ2v) is 18.3. The first-order valence-corrected chi connectivity index (χ1v) is 23.1. The van der Waals surface area contributed by atoms with E-state index in [-0.39, 0.29) is 52.7 Å². The molecule has 8 N–H and O–H groups in total. The third-order valence-electron chi connectivity index (χ3n) is 13.6. The van der Waals surface area contributed by atoms with E-state index < -0.39 is 95.7 Å². The molecule has 0 radical (unpaired) electrons. The van der Waals surface area contributed by atoms with Crippen molar-refractivity contribution >= 4 is 58.1 Å². The van der Waals surface area contributed by atoms with Crippen molar-refractivity contribution in [3.8, 4) is 28.4 Å². The number of phenolic OH excluding ortho intramolecular Hbond substituents is 2. The van der Waals surface area contributed by atoms with Crippen LogP contribution in [0.5, 0.6) is 17.2 Å². The van der Waals surface area contributed by atoms with Gasteiger partial charge in [-0.25, -0.2) is 9.97 Å². The number of methoxy groups -OCH3 is 1. The molecule has 1 amide bonds. The Labute approximate surface area is 419 Å². The van der Waals surface area contributed by atoms with Crippen molar-refractivity contribution in [2.75, 3.05) is 57.2 Å². The maximum absolute atomic E-state index is 13.6. The summed E-state index contributed by atoms with van der Waals surface area (Å²) in [5, 5.41) is 62.9. The van der Waals surface area contributed by atoms with Gasteiger partial charge in [0.2, 0.25) is 5.78 Å². The second kappa shape index (κ2) is 20.7. The number of rotatable bonds is 9. The zero-order valence-electron chi connectivity index (χ0n) is 39.8. The number of aliphatic hydroxyl groups is 3. The molecular weight excluding hydrogens is 952 g/mol. The molecule has 3 aromatic heterocycles. The average Bonchev–Trinajstić information content (AvgIpc) is 3.81. The summed E-state index contributed by atoms with van der Waals surface area (Å²) >= 11 is 0. The van der Waals surface area contributed by atoms with Crippen LogP contribution in [0.4, 0.5) is 11.6 Å². The monoisotopic (exact) mass is 1010 g/mol. The van der Waals surface area contributed by atoms with Gasteiger partial charge in [0.25, 0.3) is 5.91 Å². The highest BCUT2D eigenvalue weighted by Gasteiger charge is 2.50. The molecule has 2 aliphatic heterocycles. The maximum Gasteiger partial charge on any atom is 0.257 e. The highest BCUT2D eigenvalue weighted by molar-refractivity contribution is 6.31. The first kappa shape index (κ1) is 51.5. The Morgan fingerprint density at radius 2 is 1.68 bits per heavy atom. The number of Topliss-reactive ketones (excluding diaryl/α,β-unsaturated/α-hetero) is 1. The van der Waals surface area contributed by atoms with Gasteiger partial charge in [0, 0.05) is 110 Å². The number of nitrogens with zero attached hydrogens (tertiary/aromatic N) is 6. The van der Waals surface area contributed by atoms with E-state index in [0.717, 1.165) is 53.9 Å². The third kappa shape index (κ3) is 9.74. The topological polar surface area (TPSA) is 285 Å². The van der Waals surface area contributed by atoms with Gasteiger partial charge in [-0.1, -0.05) is 24.3 Å². The SMILES string of the molecule is CN1CCN(c2cc(C(=O)Nc3cc4cc(-c5cnn(C)c5)ccc4cn3)ccn2)CC1.COc1cccc2c1C(=O)c1c(O)c3c(c(O)c1C2=O)CC(O)(C(=O)CO)CC3OC1CC(N)C(O)C(C)O1.Cl. The standard InChI is InChI=1S/C27H29NO11.C24H25N7O.ClH/c1-10-22(31)13(28)6-17(38-10)39-15-8-27(36,16(30)9-29)7-12-19(15)26(35)21-20(24(12)33)23(32)11-4-3-5-14(37-2)18(11)25(21)34;1-29-7-9-31(10-8-29)23-13-18(5-6-25-23)24(32)28-22-12-20-11-17(3-4-19(20)14-26-22)21-15-27-30(2)16-21;/h3-5,10,13,15,17,22,29,31,33,35-36H,6-9,28H2,1-2H3;3-6,11-16H,7-10H2,1-2H3,(H,26,28,32);1H. The van der Waals surface area contributed by atoms with Crippen molar-refractivity contribution in [1.82, 2.24) is 24.6 Å². The number of ketones is 3. The van der Waals surface area contributed by atoms with E-state index in [2.05, 4.69) is 49.4 Å². The van der Waals surface area contributed by atoms with Crippen LogP contribution in [0, 0.1) is 0 Å². The number of benzene rings is 3. The first-order chi connectivity index (χ1) is 34.0. The predicted octanol–water partition coefficient (Wildman–Crippen LogP) is 3.46. The number of aliphatic hydroxyl groups excluding tert-OH is 2. The fourth-order valence-corrected chi connectivity index (χ4v) is 9.67. The zero-order valence-corrected chi connectivity index (χ0v) is 40.6. The number of aryl methyl sites for hydroxylation is 1. The quantitative estimate of drug-likeness (QED) is 0.102. The largest absolute Gasteiger partial charge is 0.507 e. The molecule has 21 heteroatoms. The number of fused-ring (bicyclic) bond motifs is 4. The van der Waals surface area contributed by atoms with Gasteiger partial charge in [0.15, 0.2) is 17.9 Å². The van der Waals surface area contributed by atoms with E-state index in [1.54, 1.807) is 30.1 Å². The smallest absolute Gasteiger partial charge is 0.257 e. The number of ether oxygens (including phenoxy) is 3. The number of phenols is 2. The van der Waals surface area contributed by atoms with Crippen LogP contribution in [0.3, 0.4) is 0 Å². The molecule has 378 valence electrons. The fourth-order valence-electron chi connectivity index (χ4n) is 9.67. The predicted molar refractivity (Wildman–Crippen MR) is 265 cm³/mol. The van der Waals surface area contributed by atoms with E-state index in [1.807, 2.05) is 37.6 Å². The lowest BCUT2D eigenvalue weighted by molar-refractivity contribution is -0.247. The molecule has 6 atom stereocenters. The van der Waals surface area contributed by atoms with Crippen LogP contribution in [-0.2, 0) is 27.7 Å². The minimum absolute atomic E-state index is 0. The molecule has 5 heterocycles. The Morgan fingerprint density at radius 1 is 0.931 bits per heavy atom. The summed E-state index contributed by atoms with van der Waals surface area (Å²) in [6.45, 7) is 4.34. The van der Waals surface area contributed by atoms with Gasteiger partial charge in [0.05, 0.1) is 48.3 Å². The summed E-state index contributed by atoms with van der Waals surface area (Å²) < 4.78 is 18.8. The Morgan fingerprint density at radius 3 is 2.38 bits per heavy atom. The molecule has 0 bridgehead atoms. The number of nitrogens with two attached hydrogens (primary N) is 1. The number of aromatic hydroxyl groups is 2. The summed E-state index contributed by atoms with van der Waals surface area (Å²) in [5.41, 5.74) is 5.06. The van der Waals surface area contributed by atoms with Crippen LogP contribution < -0.4 is 20.7 Å². The number of aromatic nitrogens is 4. The maximum atomic E-state index is 13.6. The van der Waals surface area contributed by atoms with Crippen molar-refractivity contribution in [2.45, 2.75) is 62.4 Å². The molecule has 20 nitrogen and oxygen atoms in total. The normalized spacial score (nSPS) is 22.7. The number of hydrogen-bond acceptors (Lipinski definition) is 18. The number of pyridine rings is 2. The lowest BCUT2D eigenvalue weighted by Crippen LogP contribution is -2.53. The highest BCUT2D eigenvalue weighted by Crippen LogP contribution is 2.52. The molecule has 0 saturated carbocycles. The number of halogens is 1. The van der Waals surface area contributed by atoms with Crippen molar-refractivity contribution < 1.29 is 58.9 Å². The summed E-state index contributed by atoms with van der Waals surface area (Å²) in [4.78, 5) is 66.0. The highest BCUT2D eigenvalue weighted by atomic mass is 35.5. The lowest BCUT2D eigenvalue weighted by atomic mass is 9.72. The number of carbonyl (C=O) groups is 4. The van der Waals surface area contributed by atoms with Gasteiger partial charge in [0.1, 0.15) is 41.1 Å². The minimum Gasteiger partial charge on any atom is -0.507 e. The number of carbonyl (C=O) groups excluding carboxylic acids is 4. The molecule has 3 aromatic carbocycles. The molecule has 6 aromatic rings. The van der Waals surface area contributed by atoms with Crippen molar-refractivity contribution in [2.24, 2.45) is 12.8 Å². The van der Waals surface area contributed by atoms with Gasteiger partial charge in [-0.05, 0) is 55.3 Å². The second-order valence-electron chi connectivity index (χ2n) is 18.3. The van der Waals surface area contributed by atoms with E-state index >= 15 is 0 Å². The fraction of sp³-hybridized carbons (Fsp3) is 0.353. The Bertz CT molecular complexity index is 3080. The van der Waals surface area contributed by atoms with Crippen molar-refractivity contribution in [3.63, 3.8) is 0 Å². The molecule has 2 fully saturated rings. The minimum atomic E-state index is -2.24. The van der Waals surface area contributed by atoms with Gasteiger partial charge in [-0.3, -0.25) is 23.9 Å². The molecule has 0 spiro atoms. The Kier molecular flexibility index (Phi) is 14.8. The van der Waals surface area contributed by atoms with Crippen molar-refractivity contribution in [1.29, 1.82) is 0 Å². The number of piperazine rings is 1. The molecule has 2 aliphatic carbocycles. The molecule has 2 saturated heterocycles. The molecule has 4 aliphatic rings. The first-order valence-electron chi connectivity index (χ1n) is 23.1. The van der Waals surface area contributed by atoms with Gasteiger partial charge >= 0.3 is 0 Å². The average molecular weight is 1010 g/mol. The summed E-state index contributed by atoms with van der Waals surface area (Å²) in [6, 6.07) is 15.3. The van der Waals surface area contributed by atoms with Gasteiger partial charge in [-0.2, -0.15) is 5.10 Å². The molecule has 6 unspecified atom stereocenters. The van der Waals surface area contributed by atoms with E-state index in [4.69, 9.17) is 19.9 Å². The van der Waals surface area contributed by atoms with E-state index in [0.29, 0.717) is 11.4 Å². The number of hydrogen-bond donors (Lipinski definition) is 7. The Balaban J connectivity index is 0.000000193. The Hall–Kier alpha value is -6.88. The van der Waals surface area contributed by atoms with Crippen LogP contribution in [-0.4, -0.2) is 151 Å². The van der Waals surface area contributed by atoms with Crippen LogP contribution >= 0.6 is 12.4 Å². The van der Waals surface area contributed by atoms with Crippen LogP contribution in [0.1, 0.15) is 79.2 Å².